The summed E-state index contributed by atoms with van der Waals surface area (Å²) in [7, 11) is 3.47. The summed E-state index contributed by atoms with van der Waals surface area (Å²) in [5, 5.41) is 4.59. The van der Waals surface area contributed by atoms with Gasteiger partial charge in [0.05, 0.1) is 28.7 Å². The van der Waals surface area contributed by atoms with Crippen molar-refractivity contribution in [3.8, 4) is 11.4 Å². The molecule has 0 bridgehead atoms. The number of nitrogens with zero attached hydrogens (tertiary/aromatic N) is 7. The lowest BCUT2D eigenvalue weighted by atomic mass is 10.1. The van der Waals surface area contributed by atoms with Crippen LogP contribution in [0.4, 0.5) is 10.2 Å². The Kier molecular flexibility index (Phi) is 5.34. The average Bonchev–Trinajstić information content (AvgIpc) is 3.23. The Morgan fingerprint density at radius 1 is 1.18 bits per heavy atom. The van der Waals surface area contributed by atoms with Crippen LogP contribution in [-0.2, 0) is 18.8 Å². The number of morpholine rings is 1. The number of anilines is 1. The normalized spacial score (nSPS) is 16.5. The zero-order valence-electron chi connectivity index (χ0n) is 18.3. The first kappa shape index (κ1) is 21.5. The fraction of sp³-hybridized carbons (Fsp3) is 0.318. The van der Waals surface area contributed by atoms with Crippen molar-refractivity contribution in [3.05, 3.63) is 63.3 Å². The fourth-order valence-electron chi connectivity index (χ4n) is 3.97. The van der Waals surface area contributed by atoms with E-state index < -0.39 is 5.82 Å². The quantitative estimate of drug-likeness (QED) is 0.455. The Morgan fingerprint density at radius 3 is 2.73 bits per heavy atom. The molecule has 0 aliphatic carbocycles. The van der Waals surface area contributed by atoms with Crippen molar-refractivity contribution in [2.75, 3.05) is 24.6 Å². The summed E-state index contributed by atoms with van der Waals surface area (Å²) in [6.45, 7) is 3.32. The predicted octanol–water partition coefficient (Wildman–Crippen LogP) is 2.80. The molecule has 0 unspecified atom stereocenters. The number of rotatable bonds is 3. The Balaban J connectivity index is 1.67. The van der Waals surface area contributed by atoms with Gasteiger partial charge in [0.15, 0.2) is 5.82 Å². The molecule has 9 nitrogen and oxygen atoms in total. The van der Waals surface area contributed by atoms with E-state index >= 15 is 0 Å². The predicted molar refractivity (Wildman–Crippen MR) is 122 cm³/mol. The third-order valence-corrected chi connectivity index (χ3v) is 6.00. The first-order valence-corrected chi connectivity index (χ1v) is 10.7. The van der Waals surface area contributed by atoms with E-state index in [2.05, 4.69) is 15.1 Å². The van der Waals surface area contributed by atoms with Gasteiger partial charge in [-0.05, 0) is 13.0 Å². The molecule has 0 aromatic carbocycles. The average molecular weight is 470 g/mol. The largest absolute Gasteiger partial charge is 0.370 e. The molecule has 5 rings (SSSR count). The number of aromatic nitrogens is 6. The molecular weight excluding hydrogens is 449 g/mol. The standard InChI is InChI=1S/C22H21ClFN7O2/c1-12-27-16-7-18(31-4-5-33-17(11-31)13-8-26-29(2)10-13)28-21(19(16)22(32)30(12)3)20-15(24)6-14(23)9-25-20/h6-10,17H,4-5,11H2,1-3H3/t17-/m0/s1. The highest BCUT2D eigenvalue weighted by Gasteiger charge is 2.26. The number of fused-ring (bicyclic) bond motifs is 1. The van der Waals surface area contributed by atoms with Gasteiger partial charge in [0.1, 0.15) is 29.1 Å². The number of aryl methyl sites for hydroxylation is 2. The summed E-state index contributed by atoms with van der Waals surface area (Å²) in [6, 6.07) is 2.91. The number of ether oxygens (including phenoxy) is 1. The maximum Gasteiger partial charge on any atom is 0.263 e. The molecule has 0 N–H and O–H groups in total. The van der Waals surface area contributed by atoms with E-state index in [-0.39, 0.29) is 33.5 Å². The molecule has 1 aliphatic heterocycles. The summed E-state index contributed by atoms with van der Waals surface area (Å²) in [5.74, 6) is 0.438. The molecule has 0 saturated carbocycles. The molecule has 0 spiro atoms. The van der Waals surface area contributed by atoms with Crippen molar-refractivity contribution in [2.24, 2.45) is 14.1 Å². The molecule has 1 aliphatic rings. The van der Waals surface area contributed by atoms with Crippen molar-refractivity contribution in [2.45, 2.75) is 13.0 Å². The summed E-state index contributed by atoms with van der Waals surface area (Å²) < 4.78 is 23.9. The molecular formula is C22H21ClFN7O2. The van der Waals surface area contributed by atoms with Crippen molar-refractivity contribution < 1.29 is 9.13 Å². The van der Waals surface area contributed by atoms with Crippen molar-refractivity contribution >= 4 is 28.3 Å². The highest BCUT2D eigenvalue weighted by atomic mass is 35.5. The van der Waals surface area contributed by atoms with E-state index in [0.29, 0.717) is 36.9 Å². The summed E-state index contributed by atoms with van der Waals surface area (Å²) in [4.78, 5) is 28.6. The van der Waals surface area contributed by atoms with Gasteiger partial charge >= 0.3 is 0 Å². The molecule has 1 saturated heterocycles. The van der Waals surface area contributed by atoms with Gasteiger partial charge in [0, 0.05) is 51.2 Å². The van der Waals surface area contributed by atoms with Crippen LogP contribution in [0.1, 0.15) is 17.5 Å². The topological polar surface area (TPSA) is 91.0 Å². The maximum atomic E-state index is 14.9. The van der Waals surface area contributed by atoms with Crippen LogP contribution in [0.25, 0.3) is 22.3 Å². The van der Waals surface area contributed by atoms with Gasteiger partial charge in [-0.1, -0.05) is 11.6 Å². The van der Waals surface area contributed by atoms with Gasteiger partial charge < -0.3 is 9.64 Å². The Hall–Kier alpha value is -3.37. The molecule has 0 amide bonds. The minimum absolute atomic E-state index is 0.0499. The highest BCUT2D eigenvalue weighted by Crippen LogP contribution is 2.31. The van der Waals surface area contributed by atoms with Crippen LogP contribution in [0.15, 0.2) is 35.5 Å². The first-order valence-electron chi connectivity index (χ1n) is 10.4. The van der Waals surface area contributed by atoms with Gasteiger partial charge in [-0.2, -0.15) is 5.10 Å². The van der Waals surface area contributed by atoms with Crippen LogP contribution in [0.5, 0.6) is 0 Å². The fourth-order valence-corrected chi connectivity index (χ4v) is 4.11. The van der Waals surface area contributed by atoms with Gasteiger partial charge in [-0.25, -0.2) is 19.3 Å². The zero-order chi connectivity index (χ0) is 23.3. The monoisotopic (exact) mass is 469 g/mol. The van der Waals surface area contributed by atoms with Crippen LogP contribution in [0.3, 0.4) is 0 Å². The van der Waals surface area contributed by atoms with Crippen molar-refractivity contribution in [1.82, 2.24) is 29.3 Å². The Labute approximate surface area is 193 Å². The van der Waals surface area contributed by atoms with E-state index in [4.69, 9.17) is 21.3 Å². The summed E-state index contributed by atoms with van der Waals surface area (Å²) in [5.41, 5.74) is 1.14. The maximum absolute atomic E-state index is 14.9. The zero-order valence-corrected chi connectivity index (χ0v) is 19.0. The first-order chi connectivity index (χ1) is 15.8. The van der Waals surface area contributed by atoms with Gasteiger partial charge in [0.25, 0.3) is 5.56 Å². The van der Waals surface area contributed by atoms with E-state index in [1.807, 2.05) is 18.1 Å². The molecule has 5 heterocycles. The lowest BCUT2D eigenvalue weighted by Crippen LogP contribution is -2.39. The van der Waals surface area contributed by atoms with Crippen LogP contribution >= 0.6 is 11.6 Å². The molecule has 4 aromatic heterocycles. The van der Waals surface area contributed by atoms with Gasteiger partial charge in [0.2, 0.25) is 0 Å². The molecule has 11 heteroatoms. The summed E-state index contributed by atoms with van der Waals surface area (Å²) in [6.07, 6.45) is 4.82. The van der Waals surface area contributed by atoms with Crippen LogP contribution in [0.2, 0.25) is 5.02 Å². The lowest BCUT2D eigenvalue weighted by Gasteiger charge is -2.33. The van der Waals surface area contributed by atoms with E-state index in [1.54, 1.807) is 30.9 Å². The van der Waals surface area contributed by atoms with Crippen molar-refractivity contribution in [3.63, 3.8) is 0 Å². The van der Waals surface area contributed by atoms with Gasteiger partial charge in [-0.3, -0.25) is 14.0 Å². The summed E-state index contributed by atoms with van der Waals surface area (Å²) >= 11 is 5.90. The van der Waals surface area contributed by atoms with E-state index in [9.17, 15) is 9.18 Å². The number of hydrogen-bond donors (Lipinski definition) is 0. The van der Waals surface area contributed by atoms with Crippen LogP contribution < -0.4 is 10.5 Å². The van der Waals surface area contributed by atoms with Crippen LogP contribution in [0, 0.1) is 12.7 Å². The number of halogens is 2. The Bertz CT molecular complexity index is 1430. The second-order valence-electron chi connectivity index (χ2n) is 7.98. The minimum atomic E-state index is -0.661. The highest BCUT2D eigenvalue weighted by molar-refractivity contribution is 6.30. The number of hydrogen-bond acceptors (Lipinski definition) is 7. The molecule has 33 heavy (non-hydrogen) atoms. The second kappa shape index (κ2) is 8.20. The lowest BCUT2D eigenvalue weighted by molar-refractivity contribution is 0.0395. The second-order valence-corrected chi connectivity index (χ2v) is 8.42. The molecule has 4 aromatic rings. The smallest absolute Gasteiger partial charge is 0.263 e. The van der Waals surface area contributed by atoms with E-state index in [1.165, 1.54) is 10.8 Å². The molecule has 170 valence electrons. The van der Waals surface area contributed by atoms with Crippen LogP contribution in [-0.4, -0.2) is 49.0 Å². The Morgan fingerprint density at radius 2 is 2.00 bits per heavy atom. The number of pyridine rings is 2. The molecule has 0 radical (unpaired) electrons. The molecule has 1 fully saturated rings. The minimum Gasteiger partial charge on any atom is -0.370 e. The molecule has 1 atom stereocenters. The van der Waals surface area contributed by atoms with Crippen molar-refractivity contribution in [1.29, 1.82) is 0 Å². The SMILES string of the molecule is Cc1nc2cc(N3CCO[C@H](c4cnn(C)c4)C3)nc(-c3ncc(Cl)cc3F)c2c(=O)n1C. The van der Waals surface area contributed by atoms with E-state index in [0.717, 1.165) is 11.6 Å². The van der Waals surface area contributed by atoms with Gasteiger partial charge in [-0.15, -0.1) is 0 Å². The third-order valence-electron chi connectivity index (χ3n) is 5.79. The third kappa shape index (κ3) is 3.85.